The van der Waals surface area contributed by atoms with Crippen LogP contribution in [-0.2, 0) is 4.79 Å². The summed E-state index contributed by atoms with van der Waals surface area (Å²) in [7, 11) is 2.07. The SMILES string of the molecule is CN1CCCC(CNC(=O)NCC(=O)O)C1. The highest BCUT2D eigenvalue weighted by Crippen LogP contribution is 2.13. The van der Waals surface area contributed by atoms with Gasteiger partial charge in [0.05, 0.1) is 0 Å². The maximum absolute atomic E-state index is 11.2. The zero-order valence-corrected chi connectivity index (χ0v) is 9.53. The van der Waals surface area contributed by atoms with Gasteiger partial charge in [-0.1, -0.05) is 0 Å². The van der Waals surface area contributed by atoms with Crippen LogP contribution in [0.25, 0.3) is 0 Å². The molecule has 16 heavy (non-hydrogen) atoms. The molecule has 2 amide bonds. The number of urea groups is 1. The number of rotatable bonds is 4. The van der Waals surface area contributed by atoms with Gasteiger partial charge in [-0.25, -0.2) is 4.79 Å². The van der Waals surface area contributed by atoms with Crippen LogP contribution in [0.2, 0.25) is 0 Å². The van der Waals surface area contributed by atoms with Crippen LogP contribution in [-0.4, -0.2) is 55.2 Å². The van der Waals surface area contributed by atoms with E-state index in [1.54, 1.807) is 0 Å². The van der Waals surface area contributed by atoms with Crippen LogP contribution in [0.1, 0.15) is 12.8 Å². The molecule has 3 N–H and O–H groups in total. The van der Waals surface area contributed by atoms with Crippen molar-refractivity contribution < 1.29 is 14.7 Å². The van der Waals surface area contributed by atoms with Crippen molar-refractivity contribution in [2.75, 3.05) is 33.2 Å². The van der Waals surface area contributed by atoms with Crippen molar-refractivity contribution in [1.29, 1.82) is 0 Å². The molecule has 92 valence electrons. The first kappa shape index (κ1) is 12.8. The fourth-order valence-corrected chi connectivity index (χ4v) is 1.90. The molecular weight excluding hydrogens is 210 g/mol. The largest absolute Gasteiger partial charge is 0.480 e. The number of nitrogens with one attached hydrogen (secondary N) is 2. The van der Waals surface area contributed by atoms with E-state index < -0.39 is 12.0 Å². The molecule has 1 rings (SSSR count). The lowest BCUT2D eigenvalue weighted by Crippen LogP contribution is -2.43. The molecule has 1 aliphatic heterocycles. The number of aliphatic carboxylic acids is 1. The average molecular weight is 229 g/mol. The first-order valence-corrected chi connectivity index (χ1v) is 5.50. The summed E-state index contributed by atoms with van der Waals surface area (Å²) >= 11 is 0. The van der Waals surface area contributed by atoms with Gasteiger partial charge in [-0.2, -0.15) is 0 Å². The highest BCUT2D eigenvalue weighted by molar-refractivity contribution is 5.79. The highest BCUT2D eigenvalue weighted by atomic mass is 16.4. The summed E-state index contributed by atoms with van der Waals surface area (Å²) in [5, 5.41) is 13.3. The summed E-state index contributed by atoms with van der Waals surface area (Å²) < 4.78 is 0. The van der Waals surface area contributed by atoms with Gasteiger partial charge in [-0.05, 0) is 32.4 Å². The van der Waals surface area contributed by atoms with E-state index in [4.69, 9.17) is 5.11 Å². The van der Waals surface area contributed by atoms with E-state index in [0.29, 0.717) is 12.5 Å². The summed E-state index contributed by atoms with van der Waals surface area (Å²) in [6, 6.07) is -0.407. The number of nitrogens with zero attached hydrogens (tertiary/aromatic N) is 1. The lowest BCUT2D eigenvalue weighted by molar-refractivity contribution is -0.135. The third-order valence-electron chi connectivity index (χ3n) is 2.67. The minimum absolute atomic E-state index is 0.337. The van der Waals surface area contributed by atoms with Gasteiger partial charge in [0, 0.05) is 13.1 Å². The topological polar surface area (TPSA) is 81.7 Å². The second-order valence-corrected chi connectivity index (χ2v) is 4.23. The number of hydrogen-bond acceptors (Lipinski definition) is 3. The summed E-state index contributed by atoms with van der Waals surface area (Å²) in [6.45, 7) is 2.37. The Balaban J connectivity index is 2.13. The second-order valence-electron chi connectivity index (χ2n) is 4.23. The van der Waals surface area contributed by atoms with Gasteiger partial charge < -0.3 is 20.6 Å². The van der Waals surface area contributed by atoms with Crippen LogP contribution in [0.3, 0.4) is 0 Å². The molecule has 1 fully saturated rings. The average Bonchev–Trinajstić information content (AvgIpc) is 2.23. The minimum Gasteiger partial charge on any atom is -0.480 e. The van der Waals surface area contributed by atoms with Crippen LogP contribution < -0.4 is 10.6 Å². The van der Waals surface area contributed by atoms with Crippen molar-refractivity contribution in [1.82, 2.24) is 15.5 Å². The van der Waals surface area contributed by atoms with E-state index >= 15 is 0 Å². The first-order valence-electron chi connectivity index (χ1n) is 5.50. The third kappa shape index (κ3) is 4.97. The number of carboxylic acids is 1. The van der Waals surface area contributed by atoms with E-state index in [1.807, 2.05) is 0 Å². The Kier molecular flexibility index (Phi) is 5.04. The molecule has 0 radical (unpaired) electrons. The van der Waals surface area contributed by atoms with E-state index in [-0.39, 0.29) is 6.54 Å². The molecule has 0 saturated carbocycles. The Morgan fingerprint density at radius 1 is 1.44 bits per heavy atom. The number of hydrogen-bond donors (Lipinski definition) is 3. The van der Waals surface area contributed by atoms with E-state index in [1.165, 1.54) is 0 Å². The van der Waals surface area contributed by atoms with Gasteiger partial charge >= 0.3 is 12.0 Å². The van der Waals surface area contributed by atoms with Gasteiger partial charge in [0.2, 0.25) is 0 Å². The van der Waals surface area contributed by atoms with Crippen LogP contribution in [0.15, 0.2) is 0 Å². The third-order valence-corrected chi connectivity index (χ3v) is 2.67. The molecule has 6 nitrogen and oxygen atoms in total. The smallest absolute Gasteiger partial charge is 0.323 e. The standard InChI is InChI=1S/C10H19N3O3/c1-13-4-2-3-8(7-13)5-11-10(16)12-6-9(14)15/h8H,2-7H2,1H3,(H,14,15)(H2,11,12,16). The molecule has 1 unspecified atom stereocenters. The first-order chi connectivity index (χ1) is 7.58. The molecule has 1 aliphatic rings. The van der Waals surface area contributed by atoms with Crippen molar-refractivity contribution in [3.05, 3.63) is 0 Å². The monoisotopic (exact) mass is 229 g/mol. The number of likely N-dealkylation sites (tertiary alicyclic amines) is 1. The Hall–Kier alpha value is -1.30. The number of piperidine rings is 1. The van der Waals surface area contributed by atoms with Crippen molar-refractivity contribution in [3.63, 3.8) is 0 Å². The quantitative estimate of drug-likeness (QED) is 0.619. The molecule has 1 heterocycles. The van der Waals surface area contributed by atoms with Gasteiger partial charge in [0.25, 0.3) is 0 Å². The van der Waals surface area contributed by atoms with E-state index in [0.717, 1.165) is 25.9 Å². The number of amides is 2. The Labute approximate surface area is 95.0 Å². The molecule has 0 aromatic rings. The summed E-state index contributed by atoms with van der Waals surface area (Å²) in [6.07, 6.45) is 2.27. The Morgan fingerprint density at radius 2 is 2.19 bits per heavy atom. The van der Waals surface area contributed by atoms with Crippen molar-refractivity contribution in [3.8, 4) is 0 Å². The summed E-state index contributed by atoms with van der Waals surface area (Å²) in [5.74, 6) is -0.568. The fourth-order valence-electron chi connectivity index (χ4n) is 1.90. The molecule has 0 aromatic carbocycles. The van der Waals surface area contributed by atoms with Gasteiger partial charge in [0.15, 0.2) is 0 Å². The van der Waals surface area contributed by atoms with Gasteiger partial charge in [-0.3, -0.25) is 4.79 Å². The predicted molar refractivity (Wildman–Crippen MR) is 59.3 cm³/mol. The molecule has 0 aliphatic carbocycles. The number of carbonyl (C=O) groups excluding carboxylic acids is 1. The molecule has 1 atom stereocenters. The molecule has 0 spiro atoms. The van der Waals surface area contributed by atoms with E-state index in [9.17, 15) is 9.59 Å². The molecule has 0 bridgehead atoms. The van der Waals surface area contributed by atoms with Crippen LogP contribution in [0.5, 0.6) is 0 Å². The van der Waals surface area contributed by atoms with Crippen LogP contribution in [0.4, 0.5) is 4.79 Å². The lowest BCUT2D eigenvalue weighted by atomic mass is 9.99. The van der Waals surface area contributed by atoms with Crippen molar-refractivity contribution in [2.24, 2.45) is 5.92 Å². The van der Waals surface area contributed by atoms with Gasteiger partial charge in [-0.15, -0.1) is 0 Å². The Morgan fingerprint density at radius 3 is 2.81 bits per heavy atom. The number of carbonyl (C=O) groups is 2. The maximum Gasteiger partial charge on any atom is 0.323 e. The normalized spacial score (nSPS) is 21.4. The zero-order valence-electron chi connectivity index (χ0n) is 9.53. The second kappa shape index (κ2) is 6.32. The van der Waals surface area contributed by atoms with Gasteiger partial charge in [0.1, 0.15) is 6.54 Å². The lowest BCUT2D eigenvalue weighted by Gasteiger charge is -2.29. The molecule has 0 aromatic heterocycles. The molecular formula is C10H19N3O3. The molecule has 6 heteroatoms. The number of carboxylic acid groups (broad SMARTS) is 1. The van der Waals surface area contributed by atoms with Crippen molar-refractivity contribution in [2.45, 2.75) is 12.8 Å². The van der Waals surface area contributed by atoms with Crippen LogP contribution >= 0.6 is 0 Å². The highest BCUT2D eigenvalue weighted by Gasteiger charge is 2.17. The molecule has 1 saturated heterocycles. The summed E-state index contributed by atoms with van der Waals surface area (Å²) in [4.78, 5) is 23.6. The van der Waals surface area contributed by atoms with Crippen molar-refractivity contribution >= 4 is 12.0 Å². The van der Waals surface area contributed by atoms with E-state index in [2.05, 4.69) is 22.6 Å². The van der Waals surface area contributed by atoms with Crippen LogP contribution in [0, 0.1) is 5.92 Å². The predicted octanol–water partition coefficient (Wildman–Crippen LogP) is -0.288. The Bertz CT molecular complexity index is 258. The fraction of sp³-hybridized carbons (Fsp3) is 0.800. The zero-order chi connectivity index (χ0) is 12.0. The maximum atomic E-state index is 11.2. The minimum atomic E-state index is -1.03. The summed E-state index contributed by atoms with van der Waals surface area (Å²) in [5.41, 5.74) is 0.